The van der Waals surface area contributed by atoms with Crippen LogP contribution in [-0.2, 0) is 11.4 Å². The summed E-state index contributed by atoms with van der Waals surface area (Å²) in [6.07, 6.45) is 1.53. The number of carbonyl (C=O) groups excluding carboxylic acids is 1. The van der Waals surface area contributed by atoms with Gasteiger partial charge in [0.25, 0.3) is 0 Å². The fraction of sp³-hybridized carbons (Fsp3) is 0.182. The van der Waals surface area contributed by atoms with Crippen molar-refractivity contribution in [1.82, 2.24) is 9.78 Å². The van der Waals surface area contributed by atoms with Crippen LogP contribution in [-0.4, -0.2) is 21.6 Å². The normalized spacial score (nSPS) is 11.5. The quantitative estimate of drug-likeness (QED) is 0.392. The van der Waals surface area contributed by atoms with E-state index in [0.717, 1.165) is 4.88 Å². The predicted molar refractivity (Wildman–Crippen MR) is 68.4 cm³/mol. The Balaban J connectivity index is 2.07. The highest BCUT2D eigenvalue weighted by Gasteiger charge is 2.13. The molecule has 0 saturated carbocycles. The SMILES string of the molecule is CCn1nccc1C(=O)O/N=C(\N)c1cccs1. The molecule has 0 radical (unpaired) electrons. The van der Waals surface area contributed by atoms with Crippen LogP contribution < -0.4 is 5.73 Å². The van der Waals surface area contributed by atoms with Crippen LogP contribution in [0.25, 0.3) is 0 Å². The number of oxime groups is 1. The van der Waals surface area contributed by atoms with Crippen molar-refractivity contribution in [2.24, 2.45) is 10.9 Å². The van der Waals surface area contributed by atoms with E-state index in [4.69, 9.17) is 10.6 Å². The highest BCUT2D eigenvalue weighted by molar-refractivity contribution is 7.12. The van der Waals surface area contributed by atoms with Gasteiger partial charge in [-0.05, 0) is 24.4 Å². The molecule has 18 heavy (non-hydrogen) atoms. The summed E-state index contributed by atoms with van der Waals surface area (Å²) in [7, 11) is 0. The lowest BCUT2D eigenvalue weighted by molar-refractivity contribution is 0.0502. The van der Waals surface area contributed by atoms with E-state index in [2.05, 4.69) is 10.3 Å². The first kappa shape index (κ1) is 12.3. The Morgan fingerprint density at radius 1 is 1.61 bits per heavy atom. The molecule has 2 aromatic rings. The first-order chi connectivity index (χ1) is 8.72. The molecule has 2 heterocycles. The summed E-state index contributed by atoms with van der Waals surface area (Å²) < 4.78 is 1.53. The zero-order valence-electron chi connectivity index (χ0n) is 9.74. The molecule has 0 fully saturated rings. The zero-order valence-corrected chi connectivity index (χ0v) is 10.6. The van der Waals surface area contributed by atoms with Gasteiger partial charge in [0.2, 0.25) is 0 Å². The van der Waals surface area contributed by atoms with E-state index in [1.807, 2.05) is 18.4 Å². The molecule has 0 saturated heterocycles. The van der Waals surface area contributed by atoms with Crippen molar-refractivity contribution in [2.75, 3.05) is 0 Å². The Labute approximate surface area is 108 Å². The van der Waals surface area contributed by atoms with E-state index >= 15 is 0 Å². The Morgan fingerprint density at radius 2 is 2.44 bits per heavy atom. The third-order valence-corrected chi connectivity index (χ3v) is 3.12. The maximum absolute atomic E-state index is 11.7. The average molecular weight is 264 g/mol. The number of aryl methyl sites for hydroxylation is 1. The van der Waals surface area contributed by atoms with Crippen molar-refractivity contribution in [3.05, 3.63) is 40.3 Å². The molecule has 0 spiro atoms. The van der Waals surface area contributed by atoms with Crippen molar-refractivity contribution in [2.45, 2.75) is 13.5 Å². The van der Waals surface area contributed by atoms with E-state index < -0.39 is 5.97 Å². The van der Waals surface area contributed by atoms with Gasteiger partial charge in [-0.3, -0.25) is 4.68 Å². The lowest BCUT2D eigenvalue weighted by Gasteiger charge is -2.01. The van der Waals surface area contributed by atoms with Gasteiger partial charge in [0, 0.05) is 12.7 Å². The predicted octanol–water partition coefficient (Wildman–Crippen LogP) is 1.44. The number of hydrogen-bond acceptors (Lipinski definition) is 5. The van der Waals surface area contributed by atoms with Gasteiger partial charge in [-0.2, -0.15) is 5.10 Å². The number of nitrogens with two attached hydrogens (primary N) is 1. The fourth-order valence-electron chi connectivity index (χ4n) is 1.36. The number of hydrogen-bond donors (Lipinski definition) is 1. The van der Waals surface area contributed by atoms with Crippen LogP contribution in [0.3, 0.4) is 0 Å². The second kappa shape index (κ2) is 5.46. The number of aromatic nitrogens is 2. The minimum absolute atomic E-state index is 0.181. The first-order valence-corrected chi connectivity index (χ1v) is 6.21. The third-order valence-electron chi connectivity index (χ3n) is 2.23. The maximum atomic E-state index is 11.7. The molecule has 0 unspecified atom stereocenters. The van der Waals surface area contributed by atoms with Crippen LogP contribution in [0.4, 0.5) is 0 Å². The molecule has 0 bridgehead atoms. The molecule has 2 rings (SSSR count). The highest BCUT2D eigenvalue weighted by Crippen LogP contribution is 2.08. The summed E-state index contributed by atoms with van der Waals surface area (Å²) >= 11 is 1.42. The summed E-state index contributed by atoms with van der Waals surface area (Å²) in [5, 5.41) is 9.45. The topological polar surface area (TPSA) is 82.5 Å². The lowest BCUT2D eigenvalue weighted by atomic mass is 10.4. The van der Waals surface area contributed by atoms with Crippen molar-refractivity contribution in [3.63, 3.8) is 0 Å². The highest BCUT2D eigenvalue weighted by atomic mass is 32.1. The monoisotopic (exact) mass is 264 g/mol. The zero-order chi connectivity index (χ0) is 13.0. The molecule has 0 aliphatic carbocycles. The van der Waals surface area contributed by atoms with Crippen LogP contribution in [0, 0.1) is 0 Å². The minimum atomic E-state index is -0.575. The minimum Gasteiger partial charge on any atom is -0.380 e. The van der Waals surface area contributed by atoms with Gasteiger partial charge in [0.15, 0.2) is 5.84 Å². The maximum Gasteiger partial charge on any atom is 0.383 e. The van der Waals surface area contributed by atoms with E-state index in [9.17, 15) is 4.79 Å². The molecule has 94 valence electrons. The third kappa shape index (κ3) is 2.57. The van der Waals surface area contributed by atoms with Crippen molar-refractivity contribution in [1.29, 1.82) is 0 Å². The Morgan fingerprint density at radius 3 is 3.11 bits per heavy atom. The molecule has 2 aromatic heterocycles. The Kier molecular flexibility index (Phi) is 3.73. The largest absolute Gasteiger partial charge is 0.383 e. The standard InChI is InChI=1S/C11H12N4O2S/c1-2-15-8(5-6-13-15)11(16)17-14-10(12)9-4-3-7-18-9/h3-7H,2H2,1H3,(H2,12,14). The molecule has 0 amide bonds. The van der Waals surface area contributed by atoms with Crippen LogP contribution in [0.1, 0.15) is 22.3 Å². The summed E-state index contributed by atoms with van der Waals surface area (Å²) in [5.41, 5.74) is 6.02. The molecule has 2 N–H and O–H groups in total. The summed E-state index contributed by atoms with van der Waals surface area (Å²) in [6.45, 7) is 2.47. The van der Waals surface area contributed by atoms with Crippen LogP contribution >= 0.6 is 11.3 Å². The lowest BCUT2D eigenvalue weighted by Crippen LogP contribution is -2.15. The average Bonchev–Trinajstić information content (AvgIpc) is 3.04. The second-order valence-corrected chi connectivity index (χ2v) is 4.31. The van der Waals surface area contributed by atoms with Crippen LogP contribution in [0.2, 0.25) is 0 Å². The van der Waals surface area contributed by atoms with Crippen molar-refractivity contribution in [3.8, 4) is 0 Å². The van der Waals surface area contributed by atoms with E-state index in [-0.39, 0.29) is 5.84 Å². The second-order valence-electron chi connectivity index (χ2n) is 3.36. The number of amidine groups is 1. The van der Waals surface area contributed by atoms with Gasteiger partial charge in [0.1, 0.15) is 5.69 Å². The molecule has 6 nitrogen and oxygen atoms in total. The van der Waals surface area contributed by atoms with Crippen LogP contribution in [0.5, 0.6) is 0 Å². The molecule has 0 aliphatic heterocycles. The van der Waals surface area contributed by atoms with E-state index in [1.54, 1.807) is 12.1 Å². The van der Waals surface area contributed by atoms with Gasteiger partial charge in [-0.1, -0.05) is 11.2 Å². The molecule has 7 heteroatoms. The number of rotatable bonds is 4. The van der Waals surface area contributed by atoms with Gasteiger partial charge in [-0.15, -0.1) is 11.3 Å². The first-order valence-electron chi connectivity index (χ1n) is 5.33. The van der Waals surface area contributed by atoms with Gasteiger partial charge >= 0.3 is 5.97 Å². The molecule has 0 aromatic carbocycles. The molecule has 0 aliphatic rings. The molecular formula is C11H12N4O2S. The smallest absolute Gasteiger partial charge is 0.380 e. The van der Waals surface area contributed by atoms with Crippen LogP contribution in [0.15, 0.2) is 34.9 Å². The van der Waals surface area contributed by atoms with Gasteiger partial charge in [-0.25, -0.2) is 4.79 Å². The Hall–Kier alpha value is -2.15. The number of nitrogens with zero attached hydrogens (tertiary/aromatic N) is 3. The van der Waals surface area contributed by atoms with E-state index in [1.165, 1.54) is 22.2 Å². The van der Waals surface area contributed by atoms with Crippen molar-refractivity contribution < 1.29 is 9.63 Å². The number of carbonyl (C=O) groups is 1. The summed E-state index contributed by atoms with van der Waals surface area (Å²) in [4.78, 5) is 17.3. The summed E-state index contributed by atoms with van der Waals surface area (Å²) in [5.74, 6) is -0.394. The van der Waals surface area contributed by atoms with E-state index in [0.29, 0.717) is 12.2 Å². The fourth-order valence-corrected chi connectivity index (χ4v) is 1.98. The number of thiophene rings is 1. The van der Waals surface area contributed by atoms with Gasteiger partial charge in [0.05, 0.1) is 4.88 Å². The molecular weight excluding hydrogens is 252 g/mol. The van der Waals surface area contributed by atoms with Crippen molar-refractivity contribution >= 4 is 23.1 Å². The van der Waals surface area contributed by atoms with Gasteiger partial charge < -0.3 is 10.6 Å². The summed E-state index contributed by atoms with van der Waals surface area (Å²) in [6, 6.07) is 5.21. The Bertz CT molecular complexity index is 559. The molecule has 0 atom stereocenters.